The van der Waals surface area contributed by atoms with Crippen molar-refractivity contribution in [2.24, 2.45) is 0 Å². The Balaban J connectivity index is 1.56. The molecule has 0 unspecified atom stereocenters. The molecule has 0 radical (unpaired) electrons. The molecule has 1 amide bonds. The number of carbonyl (C=O) groups is 1. The van der Waals surface area contributed by atoms with E-state index in [0.717, 1.165) is 24.9 Å². The third-order valence-corrected chi connectivity index (χ3v) is 6.92. The Morgan fingerprint density at radius 1 is 1.08 bits per heavy atom. The Hall–Kier alpha value is -1.19. The maximum atomic E-state index is 12.5. The van der Waals surface area contributed by atoms with Crippen LogP contribution in [0.2, 0.25) is 10.0 Å². The van der Waals surface area contributed by atoms with Gasteiger partial charge in [-0.25, -0.2) is 4.98 Å². The van der Waals surface area contributed by atoms with Crippen molar-refractivity contribution in [1.29, 1.82) is 0 Å². The van der Waals surface area contributed by atoms with E-state index >= 15 is 0 Å². The molecule has 2 aromatic carbocycles. The van der Waals surface area contributed by atoms with Crippen LogP contribution in [0.5, 0.6) is 0 Å². The number of nitrogens with one attached hydrogen (secondary N) is 1. The van der Waals surface area contributed by atoms with Gasteiger partial charge in [-0.3, -0.25) is 10.1 Å². The molecular formula is C18H9Cl2IN2OS2. The highest BCUT2D eigenvalue weighted by Crippen LogP contribution is 2.31. The van der Waals surface area contributed by atoms with Crippen LogP contribution in [-0.4, -0.2) is 10.9 Å². The van der Waals surface area contributed by atoms with Crippen molar-refractivity contribution in [2.75, 3.05) is 5.32 Å². The van der Waals surface area contributed by atoms with Crippen LogP contribution in [0.4, 0.5) is 5.13 Å². The standard InChI is InChI=1S/C18H9Cl2IN2OS2/c19-12-3-1-9(6-13(12)20)14-8-25-18(22-14)23-17(24)16-7-10-5-11(21)2-4-15(10)26-16/h1-8H,(H,22,23,24). The molecule has 2 aromatic heterocycles. The Kier molecular flexibility index (Phi) is 5.20. The average Bonchev–Trinajstić information content (AvgIpc) is 3.23. The van der Waals surface area contributed by atoms with E-state index in [4.69, 9.17) is 23.2 Å². The lowest BCUT2D eigenvalue weighted by Crippen LogP contribution is -2.09. The number of halogens is 3. The minimum atomic E-state index is -0.156. The van der Waals surface area contributed by atoms with Gasteiger partial charge in [-0.1, -0.05) is 29.3 Å². The zero-order chi connectivity index (χ0) is 18.3. The van der Waals surface area contributed by atoms with Crippen molar-refractivity contribution in [2.45, 2.75) is 0 Å². The van der Waals surface area contributed by atoms with E-state index in [9.17, 15) is 4.79 Å². The van der Waals surface area contributed by atoms with Gasteiger partial charge >= 0.3 is 0 Å². The fourth-order valence-corrected chi connectivity index (χ4v) is 4.87. The Bertz CT molecular complexity index is 1140. The third-order valence-electron chi connectivity index (χ3n) is 3.64. The maximum absolute atomic E-state index is 12.5. The highest BCUT2D eigenvalue weighted by Gasteiger charge is 2.13. The van der Waals surface area contributed by atoms with Crippen molar-refractivity contribution < 1.29 is 4.79 Å². The number of hydrogen-bond acceptors (Lipinski definition) is 4. The van der Waals surface area contributed by atoms with Crippen LogP contribution in [0.3, 0.4) is 0 Å². The molecule has 0 bridgehead atoms. The summed E-state index contributed by atoms with van der Waals surface area (Å²) >= 11 is 17.1. The molecule has 0 aliphatic rings. The van der Waals surface area contributed by atoms with Crippen LogP contribution in [0.1, 0.15) is 9.67 Å². The topological polar surface area (TPSA) is 42.0 Å². The summed E-state index contributed by atoms with van der Waals surface area (Å²) in [6.07, 6.45) is 0. The summed E-state index contributed by atoms with van der Waals surface area (Å²) in [5, 5.41) is 7.34. The SMILES string of the molecule is O=C(Nc1nc(-c2ccc(Cl)c(Cl)c2)cs1)c1cc2cc(I)ccc2s1. The summed E-state index contributed by atoms with van der Waals surface area (Å²) in [6.45, 7) is 0. The molecule has 3 nitrogen and oxygen atoms in total. The van der Waals surface area contributed by atoms with Gasteiger partial charge < -0.3 is 0 Å². The van der Waals surface area contributed by atoms with Crippen LogP contribution in [0, 0.1) is 3.57 Å². The molecule has 0 aliphatic heterocycles. The summed E-state index contributed by atoms with van der Waals surface area (Å²) in [5.74, 6) is -0.156. The Morgan fingerprint density at radius 3 is 2.73 bits per heavy atom. The largest absolute Gasteiger partial charge is 0.297 e. The first-order valence-electron chi connectivity index (χ1n) is 7.41. The first kappa shape index (κ1) is 18.2. The molecule has 0 fully saturated rings. The minimum absolute atomic E-state index is 0.156. The first-order chi connectivity index (χ1) is 12.5. The molecule has 130 valence electrons. The van der Waals surface area contributed by atoms with E-state index in [1.54, 1.807) is 12.1 Å². The molecule has 0 aliphatic carbocycles. The fourth-order valence-electron chi connectivity index (χ4n) is 2.40. The molecule has 1 N–H and O–H groups in total. The Morgan fingerprint density at radius 2 is 1.92 bits per heavy atom. The van der Waals surface area contributed by atoms with Gasteiger partial charge in [-0.15, -0.1) is 22.7 Å². The van der Waals surface area contributed by atoms with E-state index in [1.165, 1.54) is 22.7 Å². The van der Waals surface area contributed by atoms with Gasteiger partial charge in [-0.05, 0) is 64.4 Å². The van der Waals surface area contributed by atoms with Crippen molar-refractivity contribution >= 4 is 89.6 Å². The number of aromatic nitrogens is 1. The van der Waals surface area contributed by atoms with Crippen LogP contribution in [0.25, 0.3) is 21.3 Å². The summed E-state index contributed by atoms with van der Waals surface area (Å²) in [7, 11) is 0. The normalized spacial score (nSPS) is 11.0. The van der Waals surface area contributed by atoms with Crippen LogP contribution >= 0.6 is 68.5 Å². The van der Waals surface area contributed by atoms with Gasteiger partial charge in [0.1, 0.15) is 0 Å². The number of thiophene rings is 1. The summed E-state index contributed by atoms with van der Waals surface area (Å²) in [4.78, 5) is 17.7. The molecule has 4 aromatic rings. The number of anilines is 1. The lowest BCUT2D eigenvalue weighted by atomic mass is 10.2. The molecular weight excluding hydrogens is 522 g/mol. The van der Waals surface area contributed by atoms with E-state index in [1.807, 2.05) is 29.6 Å². The van der Waals surface area contributed by atoms with E-state index in [0.29, 0.717) is 20.1 Å². The molecule has 4 rings (SSSR count). The number of rotatable bonds is 3. The van der Waals surface area contributed by atoms with Crippen molar-refractivity contribution in [1.82, 2.24) is 4.98 Å². The van der Waals surface area contributed by atoms with E-state index in [-0.39, 0.29) is 5.91 Å². The van der Waals surface area contributed by atoms with Gasteiger partial charge in [0.15, 0.2) is 5.13 Å². The lowest BCUT2D eigenvalue weighted by Gasteiger charge is -2.00. The van der Waals surface area contributed by atoms with Crippen molar-refractivity contribution in [3.63, 3.8) is 0 Å². The summed E-state index contributed by atoms with van der Waals surface area (Å²) < 4.78 is 2.23. The number of fused-ring (bicyclic) bond motifs is 1. The van der Waals surface area contributed by atoms with Crippen LogP contribution < -0.4 is 5.32 Å². The number of nitrogens with zero attached hydrogens (tertiary/aromatic N) is 1. The number of carbonyl (C=O) groups excluding carboxylic acids is 1. The number of thiazole rings is 1. The van der Waals surface area contributed by atoms with E-state index < -0.39 is 0 Å². The maximum Gasteiger partial charge on any atom is 0.267 e. The quantitative estimate of drug-likeness (QED) is 0.285. The minimum Gasteiger partial charge on any atom is -0.297 e. The first-order valence-corrected chi connectivity index (χ1v) is 10.9. The average molecular weight is 531 g/mol. The molecule has 0 atom stereocenters. The zero-order valence-corrected chi connectivity index (χ0v) is 18.2. The summed E-state index contributed by atoms with van der Waals surface area (Å²) in [5.41, 5.74) is 1.60. The summed E-state index contributed by atoms with van der Waals surface area (Å²) in [6, 6.07) is 13.4. The molecule has 2 heterocycles. The number of benzene rings is 2. The van der Waals surface area contributed by atoms with Gasteiger partial charge in [0.25, 0.3) is 5.91 Å². The molecule has 0 saturated carbocycles. The predicted octanol–water partition coefficient (Wildman–Crippen LogP) is 7.19. The van der Waals surface area contributed by atoms with Crippen LogP contribution in [0.15, 0.2) is 47.8 Å². The molecule has 26 heavy (non-hydrogen) atoms. The fraction of sp³-hybridized carbons (Fsp3) is 0. The second kappa shape index (κ2) is 7.44. The van der Waals surface area contributed by atoms with Crippen molar-refractivity contribution in [3.8, 4) is 11.3 Å². The number of hydrogen-bond donors (Lipinski definition) is 1. The van der Waals surface area contributed by atoms with Gasteiger partial charge in [0.05, 0.1) is 20.6 Å². The zero-order valence-electron chi connectivity index (χ0n) is 12.9. The van der Waals surface area contributed by atoms with Crippen molar-refractivity contribution in [3.05, 3.63) is 66.3 Å². The second-order valence-corrected chi connectivity index (χ2v) is 9.42. The highest BCUT2D eigenvalue weighted by molar-refractivity contribution is 14.1. The monoisotopic (exact) mass is 530 g/mol. The van der Waals surface area contributed by atoms with Gasteiger partial charge in [0.2, 0.25) is 0 Å². The number of amides is 1. The second-order valence-electron chi connectivity index (χ2n) is 5.41. The Labute approximate surface area is 181 Å². The molecule has 8 heteroatoms. The highest BCUT2D eigenvalue weighted by atomic mass is 127. The predicted molar refractivity (Wildman–Crippen MR) is 120 cm³/mol. The lowest BCUT2D eigenvalue weighted by molar-refractivity contribution is 0.103. The van der Waals surface area contributed by atoms with Gasteiger partial charge in [0, 0.05) is 19.2 Å². The third kappa shape index (κ3) is 3.75. The molecule has 0 saturated heterocycles. The smallest absolute Gasteiger partial charge is 0.267 e. The van der Waals surface area contributed by atoms with E-state index in [2.05, 4.69) is 39.0 Å². The van der Waals surface area contributed by atoms with Gasteiger partial charge in [-0.2, -0.15) is 0 Å². The molecule has 0 spiro atoms. The van der Waals surface area contributed by atoms with Crippen LogP contribution in [-0.2, 0) is 0 Å².